The molecule has 0 spiro atoms. The van der Waals surface area contributed by atoms with Crippen molar-refractivity contribution in [2.24, 2.45) is 10.8 Å². The number of aromatic nitrogens is 2. The van der Waals surface area contributed by atoms with Gasteiger partial charge in [0, 0.05) is 24.7 Å². The van der Waals surface area contributed by atoms with Gasteiger partial charge in [-0.2, -0.15) is 5.26 Å². The molecule has 45 heavy (non-hydrogen) atoms. The molecule has 9 nitrogen and oxygen atoms in total. The number of thiophene rings is 1. The van der Waals surface area contributed by atoms with Gasteiger partial charge in [-0.25, -0.2) is 13.8 Å². The number of nitrogens with one attached hydrogen (secondary N) is 2. The van der Waals surface area contributed by atoms with Gasteiger partial charge in [-0.15, -0.1) is 11.3 Å². The highest BCUT2D eigenvalue weighted by Gasteiger charge is 2.33. The molecular weight excluding hydrogens is 598 g/mol. The summed E-state index contributed by atoms with van der Waals surface area (Å²) in [4.78, 5) is 45.9. The molecule has 2 N–H and O–H groups in total. The smallest absolute Gasteiger partial charge is 0.272 e. The summed E-state index contributed by atoms with van der Waals surface area (Å²) in [5, 5.41) is 15.5. The average Bonchev–Trinajstić information content (AvgIpc) is 3.70. The van der Waals surface area contributed by atoms with Crippen LogP contribution in [0.1, 0.15) is 92.6 Å². The van der Waals surface area contributed by atoms with Crippen molar-refractivity contribution < 1.29 is 23.2 Å². The highest BCUT2D eigenvalue weighted by molar-refractivity contribution is 7.14. The Hall–Kier alpha value is -4.11. The second kappa shape index (κ2) is 13.1. The molecule has 0 aliphatic carbocycles. The van der Waals surface area contributed by atoms with Gasteiger partial charge in [0.05, 0.1) is 26.8 Å². The van der Waals surface area contributed by atoms with E-state index in [0.29, 0.717) is 40.9 Å². The van der Waals surface area contributed by atoms with Crippen molar-refractivity contribution in [3.05, 3.63) is 57.3 Å². The van der Waals surface area contributed by atoms with Gasteiger partial charge in [0.2, 0.25) is 5.95 Å². The standard InChI is InChI=1S/C33H40F2N6O3S/c1-19(33(5,6)7)37-28(42)20-10-11-24-23(15-20)38-31(39-29(43)26-13-12-25(45-26)27(34)35)41(24)18-22-9-8-14-40(22)30(44)21(17-36)16-32(2,3)4/h10-13,15-16,19,22,27H,8-9,14,18H2,1-7H3,(H,37,42)(H,38,39,43)/b21-16+/t19-,22-/m0/s1. The number of hydrogen-bond acceptors (Lipinski definition) is 6. The molecule has 1 aliphatic rings. The molecule has 0 radical (unpaired) electrons. The zero-order chi connectivity index (χ0) is 33.3. The number of hydrogen-bond donors (Lipinski definition) is 2. The van der Waals surface area contributed by atoms with E-state index in [1.54, 1.807) is 33.7 Å². The number of carbonyl (C=O) groups excluding carboxylic acids is 3. The van der Waals surface area contributed by atoms with Crippen LogP contribution in [0.15, 0.2) is 42.0 Å². The predicted molar refractivity (Wildman–Crippen MR) is 171 cm³/mol. The Balaban J connectivity index is 1.70. The molecule has 0 saturated carbocycles. The van der Waals surface area contributed by atoms with E-state index in [-0.39, 0.29) is 62.5 Å². The molecule has 12 heteroatoms. The predicted octanol–water partition coefficient (Wildman–Crippen LogP) is 6.94. The summed E-state index contributed by atoms with van der Waals surface area (Å²) in [5.41, 5.74) is 1.02. The van der Waals surface area contributed by atoms with E-state index in [1.807, 2.05) is 48.5 Å². The van der Waals surface area contributed by atoms with Crippen LogP contribution in [0.25, 0.3) is 11.0 Å². The fraction of sp³-hybridized carbons (Fsp3) is 0.485. The molecule has 3 aromatic rings. The molecule has 2 aromatic heterocycles. The van der Waals surface area contributed by atoms with Crippen molar-refractivity contribution >= 4 is 46.0 Å². The van der Waals surface area contributed by atoms with Gasteiger partial charge >= 0.3 is 0 Å². The first-order chi connectivity index (χ1) is 21.0. The van der Waals surface area contributed by atoms with Crippen LogP contribution in [-0.2, 0) is 11.3 Å². The van der Waals surface area contributed by atoms with E-state index in [1.165, 1.54) is 12.1 Å². The second-order valence-corrected chi connectivity index (χ2v) is 14.7. The van der Waals surface area contributed by atoms with Crippen LogP contribution in [0.4, 0.5) is 14.7 Å². The van der Waals surface area contributed by atoms with Crippen molar-refractivity contribution in [2.75, 3.05) is 11.9 Å². The molecule has 4 rings (SSSR count). The van der Waals surface area contributed by atoms with Gasteiger partial charge in [-0.3, -0.25) is 19.7 Å². The third kappa shape index (κ3) is 7.95. The number of rotatable bonds is 8. The van der Waals surface area contributed by atoms with Gasteiger partial charge in [-0.05, 0) is 60.9 Å². The highest BCUT2D eigenvalue weighted by atomic mass is 32.1. The number of fused-ring (bicyclic) bond motifs is 1. The van der Waals surface area contributed by atoms with E-state index < -0.39 is 12.3 Å². The molecule has 3 amide bonds. The summed E-state index contributed by atoms with van der Waals surface area (Å²) in [7, 11) is 0. The highest BCUT2D eigenvalue weighted by Crippen LogP contribution is 2.30. The monoisotopic (exact) mass is 638 g/mol. The number of likely N-dealkylation sites (tertiary alicyclic amines) is 1. The topological polar surface area (TPSA) is 120 Å². The van der Waals surface area contributed by atoms with Crippen LogP contribution in [0, 0.1) is 22.2 Å². The minimum absolute atomic E-state index is 0.0751. The fourth-order valence-electron chi connectivity index (χ4n) is 5.04. The quantitative estimate of drug-likeness (QED) is 0.205. The average molecular weight is 639 g/mol. The molecule has 3 heterocycles. The van der Waals surface area contributed by atoms with Gasteiger partial charge in [0.15, 0.2) is 0 Å². The van der Waals surface area contributed by atoms with Crippen molar-refractivity contribution in [3.63, 3.8) is 0 Å². The first kappa shape index (κ1) is 33.8. The number of amides is 3. The zero-order valence-corrected chi connectivity index (χ0v) is 27.5. The lowest BCUT2D eigenvalue weighted by Crippen LogP contribution is -2.41. The van der Waals surface area contributed by atoms with Crippen LogP contribution < -0.4 is 10.6 Å². The Bertz CT molecular complexity index is 1670. The maximum absolute atomic E-state index is 13.5. The molecule has 1 aliphatic heterocycles. The van der Waals surface area contributed by atoms with Crippen molar-refractivity contribution in [2.45, 2.75) is 86.4 Å². The van der Waals surface area contributed by atoms with Crippen molar-refractivity contribution in [1.82, 2.24) is 19.8 Å². The van der Waals surface area contributed by atoms with Crippen LogP contribution >= 0.6 is 11.3 Å². The van der Waals surface area contributed by atoms with Crippen LogP contribution in [0.3, 0.4) is 0 Å². The van der Waals surface area contributed by atoms with Gasteiger partial charge in [0.25, 0.3) is 24.1 Å². The first-order valence-corrected chi connectivity index (χ1v) is 15.7. The lowest BCUT2D eigenvalue weighted by molar-refractivity contribution is -0.127. The first-order valence-electron chi connectivity index (χ1n) is 14.9. The lowest BCUT2D eigenvalue weighted by atomic mass is 9.88. The third-order valence-corrected chi connectivity index (χ3v) is 9.00. The Morgan fingerprint density at radius 3 is 2.44 bits per heavy atom. The number of nitrogens with zero attached hydrogens (tertiary/aromatic N) is 4. The lowest BCUT2D eigenvalue weighted by Gasteiger charge is -2.28. The van der Waals surface area contributed by atoms with Crippen LogP contribution in [0.2, 0.25) is 0 Å². The van der Waals surface area contributed by atoms with Crippen molar-refractivity contribution in [3.8, 4) is 6.07 Å². The SMILES string of the molecule is C[C@H](NC(=O)c1ccc2c(c1)nc(NC(=O)c1ccc(C(F)F)s1)n2C[C@@H]1CCCN1C(=O)/C(C#N)=C/C(C)(C)C)C(C)(C)C. The van der Waals surface area contributed by atoms with E-state index in [0.717, 1.165) is 6.42 Å². The van der Waals surface area contributed by atoms with Gasteiger partial charge < -0.3 is 14.8 Å². The normalized spacial score (nSPS) is 16.6. The van der Waals surface area contributed by atoms with E-state index in [2.05, 4.69) is 21.7 Å². The molecule has 1 aromatic carbocycles. The summed E-state index contributed by atoms with van der Waals surface area (Å²) in [6, 6.07) is 9.28. The Morgan fingerprint density at radius 2 is 1.84 bits per heavy atom. The molecule has 240 valence electrons. The van der Waals surface area contributed by atoms with Crippen molar-refractivity contribution in [1.29, 1.82) is 5.26 Å². The Labute approximate surface area is 266 Å². The largest absolute Gasteiger partial charge is 0.349 e. The van der Waals surface area contributed by atoms with Gasteiger partial charge in [0.1, 0.15) is 11.6 Å². The summed E-state index contributed by atoms with van der Waals surface area (Å²) in [6.45, 7) is 14.5. The summed E-state index contributed by atoms with van der Waals surface area (Å²) in [6.07, 6.45) is 0.384. The number of imidazole rings is 1. The molecule has 2 atom stereocenters. The molecule has 1 saturated heterocycles. The number of benzene rings is 1. The Morgan fingerprint density at radius 1 is 1.13 bits per heavy atom. The maximum Gasteiger partial charge on any atom is 0.272 e. The molecular formula is C33H40F2N6O3S. The number of anilines is 1. The summed E-state index contributed by atoms with van der Waals surface area (Å²) >= 11 is 0.700. The summed E-state index contributed by atoms with van der Waals surface area (Å²) in [5.74, 6) is -1.05. The van der Waals surface area contributed by atoms with Crippen LogP contribution in [0.5, 0.6) is 0 Å². The minimum atomic E-state index is -2.69. The number of carbonyl (C=O) groups is 3. The third-order valence-electron chi connectivity index (χ3n) is 7.91. The number of alkyl halides is 2. The summed E-state index contributed by atoms with van der Waals surface area (Å²) < 4.78 is 28.2. The molecule has 0 unspecified atom stereocenters. The molecule has 1 fully saturated rings. The number of nitriles is 1. The Kier molecular flexibility index (Phi) is 9.82. The minimum Gasteiger partial charge on any atom is -0.349 e. The number of halogens is 2. The maximum atomic E-state index is 13.5. The molecule has 0 bridgehead atoms. The number of allylic oxidation sites excluding steroid dienone is 1. The van der Waals surface area contributed by atoms with E-state index in [4.69, 9.17) is 0 Å². The van der Waals surface area contributed by atoms with Crippen LogP contribution in [-0.4, -0.2) is 50.8 Å². The zero-order valence-electron chi connectivity index (χ0n) is 26.7. The fourth-order valence-corrected chi connectivity index (χ4v) is 5.80. The van der Waals surface area contributed by atoms with Gasteiger partial charge in [-0.1, -0.05) is 47.6 Å². The van der Waals surface area contributed by atoms with E-state index >= 15 is 0 Å². The second-order valence-electron chi connectivity index (χ2n) is 13.6. The van der Waals surface area contributed by atoms with E-state index in [9.17, 15) is 28.4 Å².